The van der Waals surface area contributed by atoms with Crippen LogP contribution in [-0.4, -0.2) is 33.6 Å². The van der Waals surface area contributed by atoms with E-state index in [1.807, 2.05) is 18.2 Å². The Labute approximate surface area is 109 Å². The molecule has 18 heavy (non-hydrogen) atoms. The molecule has 2 N–H and O–H groups in total. The van der Waals surface area contributed by atoms with Crippen LogP contribution in [0.2, 0.25) is 0 Å². The zero-order chi connectivity index (χ0) is 12.6. The summed E-state index contributed by atoms with van der Waals surface area (Å²) in [7, 11) is 0. The number of hydrogen-bond donors (Lipinski definition) is 2. The molecule has 1 heterocycles. The molecule has 2 aromatic rings. The van der Waals surface area contributed by atoms with Crippen molar-refractivity contribution in [3.05, 3.63) is 42.1 Å². The van der Waals surface area contributed by atoms with Gasteiger partial charge in [0.15, 0.2) is 0 Å². The van der Waals surface area contributed by atoms with Crippen LogP contribution in [0.15, 0.2) is 41.6 Å². The Bertz CT molecular complexity index is 472. The first-order chi connectivity index (χ1) is 8.84. The summed E-state index contributed by atoms with van der Waals surface area (Å²) in [6.45, 7) is 0.655. The number of aromatic nitrogens is 3. The lowest BCUT2D eigenvalue weighted by Crippen LogP contribution is -2.27. The molecule has 0 saturated carbocycles. The van der Waals surface area contributed by atoms with Gasteiger partial charge >= 0.3 is 0 Å². The van der Waals surface area contributed by atoms with Gasteiger partial charge in [-0.1, -0.05) is 42.1 Å². The van der Waals surface area contributed by atoms with Crippen molar-refractivity contribution in [2.75, 3.05) is 12.3 Å². The van der Waals surface area contributed by atoms with Crippen LogP contribution in [0.3, 0.4) is 0 Å². The van der Waals surface area contributed by atoms with Gasteiger partial charge in [0.1, 0.15) is 5.03 Å². The highest BCUT2D eigenvalue weighted by Gasteiger charge is 2.03. The summed E-state index contributed by atoms with van der Waals surface area (Å²) in [5.74, 6) is 0.375. The second-order valence-electron chi connectivity index (χ2n) is 3.68. The van der Waals surface area contributed by atoms with Crippen LogP contribution in [0.4, 0.5) is 0 Å². The number of thioether (sulfide) groups is 1. The van der Waals surface area contributed by atoms with Crippen LogP contribution in [0.5, 0.6) is 0 Å². The van der Waals surface area contributed by atoms with Gasteiger partial charge in [-0.3, -0.25) is 4.79 Å². The lowest BCUT2D eigenvalue weighted by atomic mass is 10.1. The van der Waals surface area contributed by atoms with E-state index in [1.165, 1.54) is 17.3 Å². The second-order valence-corrected chi connectivity index (χ2v) is 4.68. The van der Waals surface area contributed by atoms with Gasteiger partial charge in [-0.2, -0.15) is 10.3 Å². The number of amides is 1. The lowest BCUT2D eigenvalue weighted by Gasteiger charge is -2.04. The molecule has 94 valence electrons. The van der Waals surface area contributed by atoms with Crippen molar-refractivity contribution in [3.8, 4) is 0 Å². The fourth-order valence-corrected chi connectivity index (χ4v) is 2.06. The topological polar surface area (TPSA) is 70.7 Å². The zero-order valence-electron chi connectivity index (χ0n) is 9.80. The van der Waals surface area contributed by atoms with Crippen LogP contribution < -0.4 is 5.32 Å². The molecule has 0 saturated heterocycles. The summed E-state index contributed by atoms with van der Waals surface area (Å²) < 4.78 is 0. The maximum absolute atomic E-state index is 11.5. The molecule has 5 nitrogen and oxygen atoms in total. The van der Waals surface area contributed by atoms with Gasteiger partial charge in [-0.05, 0) is 12.0 Å². The van der Waals surface area contributed by atoms with Gasteiger partial charge in [0.2, 0.25) is 5.91 Å². The predicted octanol–water partition coefficient (Wildman–Crippen LogP) is 1.26. The maximum Gasteiger partial charge on any atom is 0.230 e. The number of nitrogens with one attached hydrogen (secondary N) is 2. The highest BCUT2D eigenvalue weighted by molar-refractivity contribution is 7.99. The number of H-pyrrole nitrogens is 1. The van der Waals surface area contributed by atoms with Crippen LogP contribution in [0, 0.1) is 0 Å². The monoisotopic (exact) mass is 262 g/mol. The van der Waals surface area contributed by atoms with Gasteiger partial charge in [-0.15, -0.1) is 5.10 Å². The van der Waals surface area contributed by atoms with E-state index in [-0.39, 0.29) is 5.91 Å². The average Bonchev–Trinajstić information content (AvgIpc) is 2.91. The van der Waals surface area contributed by atoms with E-state index in [0.717, 1.165) is 11.4 Å². The third-order valence-electron chi connectivity index (χ3n) is 2.32. The molecule has 0 atom stereocenters. The fraction of sp³-hybridized carbons (Fsp3) is 0.250. The van der Waals surface area contributed by atoms with E-state index in [4.69, 9.17) is 0 Å². The van der Waals surface area contributed by atoms with Crippen molar-refractivity contribution >= 4 is 17.7 Å². The molecule has 0 fully saturated rings. The lowest BCUT2D eigenvalue weighted by molar-refractivity contribution is -0.118. The summed E-state index contributed by atoms with van der Waals surface area (Å²) in [4.78, 5) is 11.5. The first kappa shape index (κ1) is 12.6. The Hall–Kier alpha value is -1.82. The molecule has 1 aromatic carbocycles. The van der Waals surface area contributed by atoms with Crippen molar-refractivity contribution in [2.24, 2.45) is 0 Å². The molecule has 0 aliphatic rings. The smallest absolute Gasteiger partial charge is 0.230 e. The van der Waals surface area contributed by atoms with Crippen LogP contribution in [-0.2, 0) is 11.2 Å². The van der Waals surface area contributed by atoms with Crippen molar-refractivity contribution in [3.63, 3.8) is 0 Å². The Balaban J connectivity index is 1.63. The first-order valence-electron chi connectivity index (χ1n) is 5.64. The number of carbonyl (C=O) groups is 1. The molecule has 0 aliphatic heterocycles. The van der Waals surface area contributed by atoms with Crippen LogP contribution in [0.1, 0.15) is 5.56 Å². The third-order valence-corrected chi connectivity index (χ3v) is 3.22. The highest BCUT2D eigenvalue weighted by atomic mass is 32.2. The van der Waals surface area contributed by atoms with Crippen molar-refractivity contribution < 1.29 is 4.79 Å². The molecule has 0 unspecified atom stereocenters. The minimum atomic E-state index is 0.0129. The number of carbonyl (C=O) groups excluding carboxylic acids is 1. The van der Waals surface area contributed by atoms with Gasteiger partial charge in [0.05, 0.1) is 11.9 Å². The Kier molecular flexibility index (Phi) is 4.78. The molecule has 0 spiro atoms. The first-order valence-corrected chi connectivity index (χ1v) is 6.62. The molecule has 1 amide bonds. The molecule has 0 aliphatic carbocycles. The Morgan fingerprint density at radius 1 is 1.33 bits per heavy atom. The normalized spacial score (nSPS) is 10.2. The van der Waals surface area contributed by atoms with Crippen molar-refractivity contribution in [1.82, 2.24) is 20.7 Å². The number of hydrogen-bond acceptors (Lipinski definition) is 4. The Morgan fingerprint density at radius 2 is 2.17 bits per heavy atom. The van der Waals surface area contributed by atoms with E-state index in [9.17, 15) is 4.79 Å². The molecular formula is C12H14N4OS. The van der Waals surface area contributed by atoms with Crippen LogP contribution >= 0.6 is 11.8 Å². The number of aromatic amines is 1. The number of rotatable bonds is 6. The molecule has 0 bridgehead atoms. The quantitative estimate of drug-likeness (QED) is 0.769. The summed E-state index contributed by atoms with van der Waals surface area (Å²) in [6, 6.07) is 10.1. The number of benzene rings is 1. The molecule has 6 heteroatoms. The van der Waals surface area contributed by atoms with Gasteiger partial charge in [0.25, 0.3) is 0 Å². The predicted molar refractivity (Wildman–Crippen MR) is 70.3 cm³/mol. The van der Waals surface area contributed by atoms with E-state index in [2.05, 4.69) is 32.9 Å². The summed E-state index contributed by atoms with van der Waals surface area (Å²) >= 11 is 1.36. The second kappa shape index (κ2) is 6.80. The SMILES string of the molecule is O=C(CSc1cn[nH]n1)NCCc1ccccc1. The van der Waals surface area contributed by atoms with E-state index in [0.29, 0.717) is 12.3 Å². The summed E-state index contributed by atoms with van der Waals surface area (Å²) in [6.07, 6.45) is 2.45. The minimum Gasteiger partial charge on any atom is -0.355 e. The van der Waals surface area contributed by atoms with Gasteiger partial charge < -0.3 is 5.32 Å². The molecule has 1 aromatic heterocycles. The maximum atomic E-state index is 11.5. The van der Waals surface area contributed by atoms with Crippen LogP contribution in [0.25, 0.3) is 0 Å². The fourth-order valence-electron chi connectivity index (χ4n) is 1.44. The van der Waals surface area contributed by atoms with E-state index < -0.39 is 0 Å². The molecule has 2 rings (SSSR count). The zero-order valence-corrected chi connectivity index (χ0v) is 10.6. The summed E-state index contributed by atoms with van der Waals surface area (Å²) in [5, 5.41) is 13.6. The van der Waals surface area contributed by atoms with Gasteiger partial charge in [0, 0.05) is 6.54 Å². The standard InChI is InChI=1S/C12H14N4OS/c17-11(9-18-12-8-14-16-15-12)13-7-6-10-4-2-1-3-5-10/h1-5,8H,6-7,9H2,(H,13,17)(H,14,15,16). The molecular weight excluding hydrogens is 248 g/mol. The average molecular weight is 262 g/mol. The third kappa shape index (κ3) is 4.21. The largest absolute Gasteiger partial charge is 0.355 e. The van der Waals surface area contributed by atoms with Crippen molar-refractivity contribution in [1.29, 1.82) is 0 Å². The Morgan fingerprint density at radius 3 is 2.89 bits per heavy atom. The number of nitrogens with zero attached hydrogens (tertiary/aromatic N) is 2. The summed E-state index contributed by atoms with van der Waals surface area (Å²) in [5.41, 5.74) is 1.22. The van der Waals surface area contributed by atoms with E-state index in [1.54, 1.807) is 6.20 Å². The van der Waals surface area contributed by atoms with Crippen molar-refractivity contribution in [2.45, 2.75) is 11.4 Å². The highest BCUT2D eigenvalue weighted by Crippen LogP contribution is 2.11. The minimum absolute atomic E-state index is 0.0129. The van der Waals surface area contributed by atoms with E-state index >= 15 is 0 Å². The molecule has 0 radical (unpaired) electrons. The van der Waals surface area contributed by atoms with Gasteiger partial charge in [-0.25, -0.2) is 0 Å².